The summed E-state index contributed by atoms with van der Waals surface area (Å²) in [7, 11) is 0. The lowest BCUT2D eigenvalue weighted by atomic mass is 10.1. The fraction of sp³-hybridized carbons (Fsp3) is 0.583. The average molecular weight is 251 g/mol. The van der Waals surface area contributed by atoms with Gasteiger partial charge in [-0.3, -0.25) is 9.89 Å². The van der Waals surface area contributed by atoms with E-state index in [1.807, 2.05) is 0 Å². The highest BCUT2D eigenvalue weighted by Gasteiger charge is 2.24. The number of hydrogen-bond donors (Lipinski definition) is 2. The van der Waals surface area contributed by atoms with E-state index < -0.39 is 18.0 Å². The molecule has 1 aromatic rings. The zero-order valence-electron chi connectivity index (χ0n) is 10.4. The van der Waals surface area contributed by atoms with Crippen LogP contribution in [0.15, 0.2) is 0 Å². The van der Waals surface area contributed by atoms with Crippen LogP contribution in [0.1, 0.15) is 47.9 Å². The monoisotopic (exact) mass is 251 g/mol. The zero-order valence-corrected chi connectivity index (χ0v) is 10.4. The molecule has 0 aliphatic heterocycles. The van der Waals surface area contributed by atoms with Gasteiger partial charge in [-0.05, 0) is 32.6 Å². The van der Waals surface area contributed by atoms with Crippen molar-refractivity contribution in [3.05, 3.63) is 17.0 Å². The van der Waals surface area contributed by atoms with Crippen LogP contribution in [-0.2, 0) is 22.4 Å². The Balaban J connectivity index is 2.16. The summed E-state index contributed by atoms with van der Waals surface area (Å²) in [6.07, 6.45) is 4.08. The number of nitrogens with one attached hydrogen (secondary N) is 1. The van der Waals surface area contributed by atoms with E-state index in [-0.39, 0.29) is 0 Å². The average Bonchev–Trinajstić information content (AvgIpc) is 2.58. The molecular weight excluding hydrogens is 234 g/mol. The van der Waals surface area contributed by atoms with Crippen LogP contribution in [0.5, 0.6) is 0 Å². The maximum Gasteiger partial charge on any atom is 0.359 e. The van der Waals surface area contributed by atoms with Crippen LogP contribution >= 0.6 is 0 Å². The number of aromatic amines is 1. The Kier molecular flexibility index (Phi) is 3.64. The van der Waals surface area contributed by atoms with E-state index in [0.29, 0.717) is 5.69 Å². The fourth-order valence-corrected chi connectivity index (χ4v) is 2.10. The number of nitrogens with zero attached hydrogens (tertiary/aromatic N) is 1. The van der Waals surface area contributed by atoms with Gasteiger partial charge in [0.1, 0.15) is 0 Å². The van der Waals surface area contributed by atoms with Crippen molar-refractivity contribution in [2.45, 2.75) is 45.1 Å². The number of primary amides is 1. The molecule has 1 aliphatic rings. The number of nitrogens with two attached hydrogens (primary N) is 1. The molecule has 1 atom stereocenters. The Morgan fingerprint density at radius 1 is 1.33 bits per heavy atom. The minimum atomic E-state index is -0.935. The third kappa shape index (κ3) is 2.52. The van der Waals surface area contributed by atoms with Gasteiger partial charge in [0, 0.05) is 11.3 Å². The molecule has 0 radical (unpaired) electrons. The van der Waals surface area contributed by atoms with Crippen LogP contribution in [0, 0.1) is 0 Å². The summed E-state index contributed by atoms with van der Waals surface area (Å²) < 4.78 is 4.97. The number of aryl methyl sites for hydroxylation is 1. The third-order valence-corrected chi connectivity index (χ3v) is 3.18. The highest BCUT2D eigenvalue weighted by Crippen LogP contribution is 2.22. The first-order valence-electron chi connectivity index (χ1n) is 6.16. The van der Waals surface area contributed by atoms with Crippen LogP contribution in [0.25, 0.3) is 0 Å². The molecule has 0 saturated carbocycles. The minimum absolute atomic E-state index is 0.292. The summed E-state index contributed by atoms with van der Waals surface area (Å²) in [5, 5.41) is 6.88. The number of fused-ring (bicyclic) bond motifs is 1. The predicted molar refractivity (Wildman–Crippen MR) is 63.9 cm³/mol. The number of rotatable bonds is 3. The molecule has 0 saturated heterocycles. The molecule has 1 heterocycles. The van der Waals surface area contributed by atoms with Crippen LogP contribution in [0.2, 0.25) is 0 Å². The van der Waals surface area contributed by atoms with E-state index in [9.17, 15) is 9.59 Å². The number of ether oxygens (including phenoxy) is 1. The Morgan fingerprint density at radius 2 is 2.06 bits per heavy atom. The van der Waals surface area contributed by atoms with E-state index in [1.165, 1.54) is 6.92 Å². The van der Waals surface area contributed by atoms with Gasteiger partial charge in [0.2, 0.25) is 0 Å². The molecule has 6 nitrogen and oxygen atoms in total. The molecule has 1 unspecified atom stereocenters. The highest BCUT2D eigenvalue weighted by atomic mass is 16.5. The normalized spacial score (nSPS) is 16.5. The molecule has 18 heavy (non-hydrogen) atoms. The predicted octanol–water partition coefficient (Wildman–Crippen LogP) is 0.709. The molecule has 1 amide bonds. The molecule has 0 aromatic carbocycles. The van der Waals surface area contributed by atoms with Gasteiger partial charge >= 0.3 is 5.97 Å². The summed E-state index contributed by atoms with van der Waals surface area (Å²) in [6, 6.07) is 0. The van der Waals surface area contributed by atoms with E-state index in [0.717, 1.165) is 43.4 Å². The smallest absolute Gasteiger partial charge is 0.359 e. The second kappa shape index (κ2) is 5.20. The second-order valence-electron chi connectivity index (χ2n) is 4.54. The topological polar surface area (TPSA) is 98.1 Å². The summed E-state index contributed by atoms with van der Waals surface area (Å²) in [5.41, 5.74) is 7.28. The van der Waals surface area contributed by atoms with Gasteiger partial charge in [0.05, 0.1) is 0 Å². The maximum absolute atomic E-state index is 11.9. The largest absolute Gasteiger partial charge is 0.448 e. The molecule has 3 N–H and O–H groups in total. The molecule has 0 bridgehead atoms. The van der Waals surface area contributed by atoms with Gasteiger partial charge < -0.3 is 10.5 Å². The number of carbonyl (C=O) groups is 2. The van der Waals surface area contributed by atoms with Gasteiger partial charge in [0.25, 0.3) is 5.91 Å². The van der Waals surface area contributed by atoms with Crippen molar-refractivity contribution in [3.63, 3.8) is 0 Å². The van der Waals surface area contributed by atoms with Gasteiger partial charge in [-0.1, -0.05) is 6.42 Å². The van der Waals surface area contributed by atoms with Crippen molar-refractivity contribution in [1.29, 1.82) is 0 Å². The van der Waals surface area contributed by atoms with Crippen molar-refractivity contribution in [3.8, 4) is 0 Å². The van der Waals surface area contributed by atoms with Crippen molar-refractivity contribution in [2.24, 2.45) is 5.73 Å². The number of amides is 1. The molecular formula is C12H17N3O3. The summed E-state index contributed by atoms with van der Waals surface area (Å²) in [6.45, 7) is 1.45. The van der Waals surface area contributed by atoms with Gasteiger partial charge in [-0.15, -0.1) is 0 Å². The van der Waals surface area contributed by atoms with E-state index in [2.05, 4.69) is 10.2 Å². The van der Waals surface area contributed by atoms with E-state index in [1.54, 1.807) is 0 Å². The Morgan fingerprint density at radius 3 is 2.78 bits per heavy atom. The van der Waals surface area contributed by atoms with Crippen molar-refractivity contribution >= 4 is 11.9 Å². The summed E-state index contributed by atoms with van der Waals surface area (Å²) in [4.78, 5) is 22.8. The molecule has 1 aromatic heterocycles. The molecule has 2 rings (SSSR count). The first-order valence-corrected chi connectivity index (χ1v) is 6.16. The first-order chi connectivity index (χ1) is 8.59. The number of esters is 1. The van der Waals surface area contributed by atoms with Crippen LogP contribution < -0.4 is 5.73 Å². The molecule has 0 fully saturated rings. The van der Waals surface area contributed by atoms with E-state index in [4.69, 9.17) is 10.5 Å². The maximum atomic E-state index is 11.9. The van der Waals surface area contributed by atoms with Crippen LogP contribution in [-0.4, -0.2) is 28.2 Å². The lowest BCUT2D eigenvalue weighted by molar-refractivity contribution is -0.125. The third-order valence-electron chi connectivity index (χ3n) is 3.18. The summed E-state index contributed by atoms with van der Waals surface area (Å²) in [5.74, 6) is -1.24. The van der Waals surface area contributed by atoms with Crippen molar-refractivity contribution in [1.82, 2.24) is 10.2 Å². The molecule has 0 spiro atoms. The standard InChI is InChI=1S/C12H17N3O3/c1-7(11(13)16)18-12(17)10-8-5-3-2-4-6-9(8)14-15-10/h7H,2-6H2,1H3,(H2,13,16)(H,14,15). The Labute approximate surface area is 105 Å². The minimum Gasteiger partial charge on any atom is -0.448 e. The lowest BCUT2D eigenvalue weighted by Gasteiger charge is -2.08. The van der Waals surface area contributed by atoms with Crippen molar-refractivity contribution < 1.29 is 14.3 Å². The zero-order chi connectivity index (χ0) is 13.1. The fourth-order valence-electron chi connectivity index (χ4n) is 2.10. The number of aromatic nitrogens is 2. The SMILES string of the molecule is CC(OC(=O)c1n[nH]c2c1CCCCC2)C(N)=O. The molecule has 98 valence electrons. The Bertz CT molecular complexity index is 467. The number of H-pyrrole nitrogens is 1. The summed E-state index contributed by atoms with van der Waals surface area (Å²) >= 11 is 0. The number of hydrogen-bond acceptors (Lipinski definition) is 4. The molecule has 6 heteroatoms. The van der Waals surface area contributed by atoms with E-state index >= 15 is 0 Å². The quantitative estimate of drug-likeness (QED) is 0.610. The molecule has 1 aliphatic carbocycles. The Hall–Kier alpha value is -1.85. The second-order valence-corrected chi connectivity index (χ2v) is 4.54. The number of carbonyl (C=O) groups excluding carboxylic acids is 2. The lowest BCUT2D eigenvalue weighted by Crippen LogP contribution is -2.30. The van der Waals surface area contributed by atoms with Crippen LogP contribution in [0.3, 0.4) is 0 Å². The van der Waals surface area contributed by atoms with Crippen LogP contribution in [0.4, 0.5) is 0 Å². The van der Waals surface area contributed by atoms with Gasteiger partial charge in [-0.2, -0.15) is 5.10 Å². The first kappa shape index (κ1) is 12.6. The van der Waals surface area contributed by atoms with Crippen molar-refractivity contribution in [2.75, 3.05) is 0 Å². The van der Waals surface area contributed by atoms with Gasteiger partial charge in [0.15, 0.2) is 11.8 Å². The van der Waals surface area contributed by atoms with Gasteiger partial charge in [-0.25, -0.2) is 4.79 Å². The highest BCUT2D eigenvalue weighted by molar-refractivity contribution is 5.91.